The van der Waals surface area contributed by atoms with Gasteiger partial charge in [0.1, 0.15) is 0 Å². The summed E-state index contributed by atoms with van der Waals surface area (Å²) in [5.41, 5.74) is 1.39. The first-order valence-electron chi connectivity index (χ1n) is 12.5. The summed E-state index contributed by atoms with van der Waals surface area (Å²) in [7, 11) is 0. The molecule has 0 saturated heterocycles. The average molecular weight is 963 g/mol. The maximum absolute atomic E-state index is 10.8. The molecule has 0 fully saturated rings. The van der Waals surface area contributed by atoms with Crippen molar-refractivity contribution in [2.75, 3.05) is 0 Å². The third-order valence-electron chi connectivity index (χ3n) is 2.67. The molecule has 0 heterocycles. The fourth-order valence-electron chi connectivity index (χ4n) is 1.56. The number of carbonyl (C=O) groups is 1. The Morgan fingerprint density at radius 2 is 1.05 bits per heavy atom. The summed E-state index contributed by atoms with van der Waals surface area (Å²) in [5, 5.41) is 17.2. The Bertz CT molecular complexity index is 700. The van der Waals surface area contributed by atoms with Crippen LogP contribution in [0.25, 0.3) is 11.1 Å². The standard InChI is InChI=1S/C10H8O2.C9H6O2.6C2H6.2U/c1-8(12)10(7-11)9-5-3-2-4-6-9;10-6-9(7-11)8-4-2-1-3-5-8;6*1-2;;/h2-5,7,11H,1H2;1-4,6,10H;6*1-2H3;;/q2*-2;;;;;;;2*+2/b10-7+;9-6+;;;;;;;;. The molecule has 0 atom stereocenters. The van der Waals surface area contributed by atoms with Gasteiger partial charge in [0.2, 0.25) is 0 Å². The number of allylic oxidation sites excluding steroid dienone is 2. The number of carbonyl (C=O) groups excluding carboxylic acids is 2. The summed E-state index contributed by atoms with van der Waals surface area (Å²) in [4.78, 5) is 21.0. The molecule has 0 saturated carbocycles. The zero-order chi connectivity index (χ0) is 29.1. The Morgan fingerprint density at radius 1 is 0.703 bits per heavy atom. The van der Waals surface area contributed by atoms with Gasteiger partial charge < -0.3 is 19.8 Å². The topological polar surface area (TPSA) is 74.6 Å². The number of hydrogen-bond donors (Lipinski definition) is 2. The maximum Gasteiger partial charge on any atom is 2.00 e. The second-order valence-electron chi connectivity index (χ2n) is 4.16. The van der Waals surface area contributed by atoms with E-state index in [0.29, 0.717) is 11.1 Å². The Kier molecular flexibility index (Phi) is 84.0. The SMILES string of the molecule is CC.CC.CC.CC.CC.CC.O=[C-]/C(=C\O)c1[c-]cccc1.[CH2-]C(=O)/C(=C\O)c1[c-]cccc1.[U+2].[U+2]. The first kappa shape index (κ1) is 56.1. The minimum Gasteiger partial charge on any atom is -0.582 e. The molecule has 0 aromatic heterocycles. The zero-order valence-electron chi connectivity index (χ0n) is 25.2. The number of hydrogen-bond acceptors (Lipinski definition) is 4. The van der Waals surface area contributed by atoms with Gasteiger partial charge in [0, 0.05) is 12.5 Å². The first-order valence-corrected chi connectivity index (χ1v) is 12.5. The van der Waals surface area contributed by atoms with Crippen LogP contribution in [0.5, 0.6) is 0 Å². The predicted molar refractivity (Wildman–Crippen MR) is 156 cm³/mol. The molecular formula is C31H50O4U2. The maximum atomic E-state index is 10.8. The molecule has 0 radical (unpaired) electrons. The van der Waals surface area contributed by atoms with Gasteiger partial charge in [0.25, 0.3) is 0 Å². The molecule has 0 bridgehead atoms. The molecule has 2 aromatic carbocycles. The normalized spacial score (nSPS) is 7.89. The van der Waals surface area contributed by atoms with E-state index < -0.39 is 5.78 Å². The summed E-state index contributed by atoms with van der Waals surface area (Å²) in [5.74, 6) is -0.417. The third-order valence-corrected chi connectivity index (χ3v) is 2.67. The van der Waals surface area contributed by atoms with Crippen molar-refractivity contribution in [2.24, 2.45) is 0 Å². The molecule has 0 aliphatic carbocycles. The smallest absolute Gasteiger partial charge is 0.582 e. The van der Waals surface area contributed by atoms with E-state index >= 15 is 0 Å². The van der Waals surface area contributed by atoms with Crippen LogP contribution in [-0.4, -0.2) is 22.3 Å². The van der Waals surface area contributed by atoms with Crippen LogP contribution >= 0.6 is 0 Å². The fourth-order valence-corrected chi connectivity index (χ4v) is 1.56. The summed E-state index contributed by atoms with van der Waals surface area (Å²) in [6.07, 6.45) is 3.07. The molecule has 0 aliphatic heterocycles. The quantitative estimate of drug-likeness (QED) is 0.182. The summed E-state index contributed by atoms with van der Waals surface area (Å²) in [6, 6.07) is 19.4. The van der Waals surface area contributed by atoms with E-state index in [1.54, 1.807) is 54.8 Å². The number of rotatable bonds is 4. The average Bonchev–Trinajstić information content (AvgIpc) is 2.98. The van der Waals surface area contributed by atoms with Crippen molar-refractivity contribution in [3.05, 3.63) is 91.2 Å². The minimum atomic E-state index is -0.417. The molecule has 4 nitrogen and oxygen atoms in total. The minimum absolute atomic E-state index is 0. The van der Waals surface area contributed by atoms with Crippen LogP contribution in [0.15, 0.2) is 61.1 Å². The van der Waals surface area contributed by atoms with Gasteiger partial charge in [0.05, 0.1) is 5.78 Å². The van der Waals surface area contributed by atoms with Crippen LogP contribution in [0.1, 0.15) is 94.2 Å². The first-order chi connectivity index (χ1) is 17.1. The van der Waals surface area contributed by atoms with Crippen molar-refractivity contribution in [1.29, 1.82) is 0 Å². The van der Waals surface area contributed by atoms with Gasteiger partial charge in [-0.1, -0.05) is 89.3 Å². The van der Waals surface area contributed by atoms with Crippen LogP contribution in [-0.2, 0) is 9.59 Å². The molecule has 2 aromatic rings. The van der Waals surface area contributed by atoms with Gasteiger partial charge in [-0.15, -0.1) is 42.0 Å². The molecule has 0 unspecified atom stereocenters. The Hall–Kier alpha value is -1.17. The van der Waals surface area contributed by atoms with Crippen LogP contribution in [0.2, 0.25) is 0 Å². The van der Waals surface area contributed by atoms with Crippen molar-refractivity contribution >= 4 is 23.2 Å². The van der Waals surface area contributed by atoms with Crippen molar-refractivity contribution < 1.29 is 82.0 Å². The largest absolute Gasteiger partial charge is 2.00 e. The fraction of sp³-hybridized carbons (Fsp3) is 0.387. The van der Waals surface area contributed by atoms with E-state index in [-0.39, 0.29) is 73.4 Å². The van der Waals surface area contributed by atoms with E-state index in [0.717, 1.165) is 12.5 Å². The van der Waals surface area contributed by atoms with E-state index in [2.05, 4.69) is 19.1 Å². The van der Waals surface area contributed by atoms with Gasteiger partial charge in [-0.3, -0.25) is 0 Å². The number of benzene rings is 2. The molecule has 37 heavy (non-hydrogen) atoms. The summed E-state index contributed by atoms with van der Waals surface area (Å²) < 4.78 is 0. The molecule has 206 valence electrons. The zero-order valence-corrected chi connectivity index (χ0v) is 33.5. The second-order valence-corrected chi connectivity index (χ2v) is 4.16. The number of Topliss-reactive ketones (excluding diaryl/α,β-unsaturated/α-hetero) is 1. The molecule has 2 N–H and O–H groups in total. The van der Waals surface area contributed by atoms with Crippen molar-refractivity contribution in [2.45, 2.75) is 83.1 Å². The van der Waals surface area contributed by atoms with Crippen molar-refractivity contribution in [1.82, 2.24) is 0 Å². The van der Waals surface area contributed by atoms with Crippen molar-refractivity contribution in [3.63, 3.8) is 0 Å². The van der Waals surface area contributed by atoms with Crippen LogP contribution in [0, 0.1) is 81.3 Å². The van der Waals surface area contributed by atoms with E-state index in [4.69, 9.17) is 10.2 Å². The molecule has 0 aliphatic rings. The summed E-state index contributed by atoms with van der Waals surface area (Å²) >= 11 is 0. The Labute approximate surface area is 277 Å². The Balaban J connectivity index is -0.0000000519. The summed E-state index contributed by atoms with van der Waals surface area (Å²) in [6.45, 7) is 27.2. The number of aliphatic hydroxyl groups excluding tert-OH is 2. The van der Waals surface area contributed by atoms with Crippen LogP contribution in [0.4, 0.5) is 0 Å². The van der Waals surface area contributed by atoms with Gasteiger partial charge in [-0.05, 0) is 5.57 Å². The van der Waals surface area contributed by atoms with Gasteiger partial charge in [0.15, 0.2) is 0 Å². The molecule has 0 spiro atoms. The van der Waals surface area contributed by atoms with Gasteiger partial charge >= 0.3 is 62.2 Å². The van der Waals surface area contributed by atoms with Gasteiger partial charge in [-0.2, -0.15) is 24.6 Å². The van der Waals surface area contributed by atoms with E-state index in [1.807, 2.05) is 83.1 Å². The van der Waals surface area contributed by atoms with Gasteiger partial charge in [-0.25, -0.2) is 17.7 Å². The molecular weight excluding hydrogens is 912 g/mol. The molecule has 2 rings (SSSR count). The predicted octanol–water partition coefficient (Wildman–Crippen LogP) is 9.44. The molecule has 6 heteroatoms. The van der Waals surface area contributed by atoms with Crippen LogP contribution < -0.4 is 0 Å². The number of ketones is 1. The number of aliphatic hydroxyl groups is 2. The monoisotopic (exact) mass is 962 g/mol. The second kappa shape index (κ2) is 55.4. The van der Waals surface area contributed by atoms with E-state index in [1.165, 1.54) is 0 Å². The van der Waals surface area contributed by atoms with E-state index in [9.17, 15) is 9.59 Å². The Morgan fingerprint density at radius 3 is 1.27 bits per heavy atom. The van der Waals surface area contributed by atoms with Crippen molar-refractivity contribution in [3.8, 4) is 0 Å². The molecule has 0 amide bonds. The van der Waals surface area contributed by atoms with Crippen LogP contribution in [0.3, 0.4) is 0 Å². The third kappa shape index (κ3) is 34.8.